The highest BCUT2D eigenvalue weighted by Crippen LogP contribution is 2.49. The molecule has 2 unspecified atom stereocenters. The molecule has 0 bridgehead atoms. The van der Waals surface area contributed by atoms with Crippen LogP contribution < -0.4 is 0 Å². The maximum atomic E-state index is 13.3. The van der Waals surface area contributed by atoms with Gasteiger partial charge in [0.15, 0.2) is 0 Å². The Morgan fingerprint density at radius 1 is 1.25 bits per heavy atom. The molecule has 4 rings (SSSR count). The lowest BCUT2D eigenvalue weighted by Crippen LogP contribution is -2.06. The zero-order valence-electron chi connectivity index (χ0n) is 14.2. The normalized spacial score (nSPS) is 19.2. The summed E-state index contributed by atoms with van der Waals surface area (Å²) in [4.78, 5) is 11.2. The van der Waals surface area contributed by atoms with Crippen molar-refractivity contribution < 1.29 is 27.5 Å². The fraction of sp³-hybridized carbons (Fsp3) is 0.263. The Hall–Kier alpha value is -2.61. The molecule has 1 heterocycles. The number of carboxylic acids is 1. The number of aromatic nitrogens is 2. The van der Waals surface area contributed by atoms with Crippen molar-refractivity contribution >= 4 is 28.5 Å². The Bertz CT molecular complexity index is 1090. The lowest BCUT2D eigenvalue weighted by Gasteiger charge is -2.09. The van der Waals surface area contributed by atoms with E-state index in [0.29, 0.717) is 23.1 Å². The van der Waals surface area contributed by atoms with Gasteiger partial charge in [0, 0.05) is 16.3 Å². The average molecular weight is 413 g/mol. The minimum Gasteiger partial charge on any atom is -0.481 e. The molecule has 2 atom stereocenters. The van der Waals surface area contributed by atoms with Crippen molar-refractivity contribution in [1.82, 2.24) is 9.78 Å². The number of carbonyl (C=O) groups is 1. The van der Waals surface area contributed by atoms with Crippen molar-refractivity contribution in [2.24, 2.45) is 5.92 Å². The Kier molecular flexibility index (Phi) is 4.33. The van der Waals surface area contributed by atoms with Crippen molar-refractivity contribution in [2.45, 2.75) is 25.1 Å². The summed E-state index contributed by atoms with van der Waals surface area (Å²) in [6.45, 7) is 0.0291. The van der Waals surface area contributed by atoms with E-state index in [0.717, 1.165) is 18.2 Å². The third-order valence-corrected chi connectivity index (χ3v) is 5.25. The van der Waals surface area contributed by atoms with Crippen LogP contribution in [0.4, 0.5) is 17.6 Å². The molecule has 146 valence electrons. The Balaban J connectivity index is 1.82. The molecule has 28 heavy (non-hydrogen) atoms. The fourth-order valence-corrected chi connectivity index (χ4v) is 3.58. The number of alkyl halides is 3. The first-order valence-electron chi connectivity index (χ1n) is 8.39. The van der Waals surface area contributed by atoms with Crippen LogP contribution in [0.2, 0.25) is 5.02 Å². The predicted molar refractivity (Wildman–Crippen MR) is 93.7 cm³/mol. The van der Waals surface area contributed by atoms with Gasteiger partial charge in [0.25, 0.3) is 0 Å². The average Bonchev–Trinajstić information content (AvgIpc) is 3.33. The number of aliphatic carboxylic acids is 1. The number of hydrogen-bond donors (Lipinski definition) is 1. The summed E-state index contributed by atoms with van der Waals surface area (Å²) in [7, 11) is 0. The monoisotopic (exact) mass is 412 g/mol. The lowest BCUT2D eigenvalue weighted by atomic mass is 10.1. The van der Waals surface area contributed by atoms with Crippen LogP contribution in [-0.2, 0) is 17.5 Å². The zero-order valence-corrected chi connectivity index (χ0v) is 14.9. The van der Waals surface area contributed by atoms with E-state index in [1.807, 2.05) is 0 Å². The first kappa shape index (κ1) is 18.7. The van der Waals surface area contributed by atoms with Crippen molar-refractivity contribution in [3.05, 3.63) is 64.1 Å². The highest BCUT2D eigenvalue weighted by molar-refractivity contribution is 6.31. The largest absolute Gasteiger partial charge is 0.481 e. The van der Waals surface area contributed by atoms with Crippen LogP contribution in [-0.4, -0.2) is 20.9 Å². The highest BCUT2D eigenvalue weighted by Gasteiger charge is 2.47. The molecule has 3 aromatic rings. The van der Waals surface area contributed by atoms with Crippen LogP contribution in [0.25, 0.3) is 10.9 Å². The Labute approximate surface area is 161 Å². The number of nitrogens with zero attached hydrogens (tertiary/aromatic N) is 2. The lowest BCUT2D eigenvalue weighted by molar-refractivity contribution is -0.139. The van der Waals surface area contributed by atoms with Gasteiger partial charge in [-0.05, 0) is 36.2 Å². The predicted octanol–water partition coefficient (Wildman–Crippen LogP) is 5.08. The minimum absolute atomic E-state index is 0.0291. The second-order valence-corrected chi connectivity index (χ2v) is 7.20. The van der Waals surface area contributed by atoms with Crippen LogP contribution in [0.15, 0.2) is 36.4 Å². The van der Waals surface area contributed by atoms with E-state index in [9.17, 15) is 27.5 Å². The molecule has 0 spiro atoms. The Morgan fingerprint density at radius 3 is 2.61 bits per heavy atom. The molecule has 0 radical (unpaired) electrons. The molecule has 1 aliphatic carbocycles. The third-order valence-electron chi connectivity index (χ3n) is 4.90. The quantitative estimate of drug-likeness (QED) is 0.608. The van der Waals surface area contributed by atoms with Gasteiger partial charge in [0.05, 0.1) is 29.2 Å². The van der Waals surface area contributed by atoms with Gasteiger partial charge in [0.1, 0.15) is 5.82 Å². The number of benzene rings is 2. The van der Waals surface area contributed by atoms with Gasteiger partial charge in [-0.2, -0.15) is 18.3 Å². The second kappa shape index (κ2) is 6.48. The molecule has 1 fully saturated rings. The van der Waals surface area contributed by atoms with E-state index in [1.165, 1.54) is 22.9 Å². The number of rotatable bonds is 4. The van der Waals surface area contributed by atoms with Crippen LogP contribution in [0.1, 0.15) is 29.2 Å². The number of halogens is 5. The van der Waals surface area contributed by atoms with Gasteiger partial charge >= 0.3 is 12.1 Å². The maximum absolute atomic E-state index is 13.3. The number of carboxylic acid groups (broad SMARTS) is 1. The molecule has 1 saturated carbocycles. The maximum Gasteiger partial charge on any atom is 0.416 e. The molecule has 0 amide bonds. The van der Waals surface area contributed by atoms with Crippen molar-refractivity contribution in [2.75, 3.05) is 0 Å². The number of fused-ring (bicyclic) bond motifs is 1. The van der Waals surface area contributed by atoms with Gasteiger partial charge < -0.3 is 5.11 Å². The van der Waals surface area contributed by atoms with Gasteiger partial charge in [-0.1, -0.05) is 23.7 Å². The molecule has 9 heteroatoms. The topological polar surface area (TPSA) is 55.1 Å². The fourth-order valence-electron chi connectivity index (χ4n) is 3.35. The van der Waals surface area contributed by atoms with Gasteiger partial charge in [-0.25, -0.2) is 4.39 Å². The standard InChI is InChI=1S/C19H13ClF4N2O2/c20-15-6-11(21)3-1-9(15)8-26-16-5-10(19(22,23)24)2-4-12(16)17(25-26)13-7-14(13)18(27)28/h1-6,13-14H,7-8H2,(H,27,28). The van der Waals surface area contributed by atoms with E-state index in [-0.39, 0.29) is 23.0 Å². The molecule has 0 aliphatic heterocycles. The Morgan fingerprint density at radius 2 is 2.00 bits per heavy atom. The van der Waals surface area contributed by atoms with Crippen LogP contribution in [0.3, 0.4) is 0 Å². The van der Waals surface area contributed by atoms with Crippen LogP contribution in [0.5, 0.6) is 0 Å². The van der Waals surface area contributed by atoms with Crippen molar-refractivity contribution in [1.29, 1.82) is 0 Å². The highest BCUT2D eigenvalue weighted by atomic mass is 35.5. The van der Waals surface area contributed by atoms with E-state index in [4.69, 9.17) is 11.6 Å². The summed E-state index contributed by atoms with van der Waals surface area (Å²) in [6, 6.07) is 7.03. The van der Waals surface area contributed by atoms with Gasteiger partial charge in [-0.3, -0.25) is 9.48 Å². The first-order chi connectivity index (χ1) is 13.1. The van der Waals surface area contributed by atoms with E-state index in [1.54, 1.807) is 0 Å². The molecule has 0 saturated heterocycles. The van der Waals surface area contributed by atoms with E-state index < -0.39 is 29.4 Å². The van der Waals surface area contributed by atoms with Crippen LogP contribution in [0, 0.1) is 11.7 Å². The molecular formula is C19H13ClF4N2O2. The number of hydrogen-bond acceptors (Lipinski definition) is 2. The van der Waals surface area contributed by atoms with Gasteiger partial charge in [0.2, 0.25) is 0 Å². The van der Waals surface area contributed by atoms with E-state index in [2.05, 4.69) is 5.10 Å². The van der Waals surface area contributed by atoms with Gasteiger partial charge in [-0.15, -0.1) is 0 Å². The zero-order chi connectivity index (χ0) is 20.2. The summed E-state index contributed by atoms with van der Waals surface area (Å²) in [6.07, 6.45) is -4.14. The minimum atomic E-state index is -4.53. The van der Waals surface area contributed by atoms with Crippen LogP contribution >= 0.6 is 11.6 Å². The van der Waals surface area contributed by atoms with Crippen molar-refractivity contribution in [3.8, 4) is 0 Å². The summed E-state index contributed by atoms with van der Waals surface area (Å²) < 4.78 is 54.1. The molecule has 4 nitrogen and oxygen atoms in total. The SMILES string of the molecule is O=C(O)C1CC1c1nn(Cc2ccc(F)cc2Cl)c2cc(C(F)(F)F)ccc12. The molecular weight excluding hydrogens is 400 g/mol. The molecule has 1 aromatic heterocycles. The van der Waals surface area contributed by atoms with Crippen molar-refractivity contribution in [3.63, 3.8) is 0 Å². The smallest absolute Gasteiger partial charge is 0.416 e. The first-order valence-corrected chi connectivity index (χ1v) is 8.77. The summed E-state index contributed by atoms with van der Waals surface area (Å²) in [5.41, 5.74) is 0.334. The summed E-state index contributed by atoms with van der Waals surface area (Å²) >= 11 is 6.04. The molecule has 1 N–H and O–H groups in total. The summed E-state index contributed by atoms with van der Waals surface area (Å²) in [5, 5.41) is 14.2. The second-order valence-electron chi connectivity index (χ2n) is 6.80. The molecule has 1 aliphatic rings. The summed E-state index contributed by atoms with van der Waals surface area (Å²) in [5.74, 6) is -2.42. The third kappa shape index (κ3) is 3.32. The molecule has 2 aromatic carbocycles. The van der Waals surface area contributed by atoms with E-state index >= 15 is 0 Å².